The number of para-hydroxylation sites is 2. The molecule has 6 aromatic rings. The fraction of sp³-hybridized carbons (Fsp3) is 0.286. The first-order valence-corrected chi connectivity index (χ1v) is 19.5. The lowest BCUT2D eigenvalue weighted by molar-refractivity contribution is 0.574. The van der Waals surface area contributed by atoms with Gasteiger partial charge in [0.05, 0.1) is 39.7 Å². The Bertz CT molecular complexity index is 1930. The maximum atomic E-state index is 3.95. The molecule has 1 N–H and O–H groups in total. The van der Waals surface area contributed by atoms with E-state index in [4.69, 9.17) is 0 Å². The molecule has 1 atom stereocenters. The molecule has 0 amide bonds. The minimum Gasteiger partial charge on any atom is -0.381 e. The molecule has 0 saturated heterocycles. The van der Waals surface area contributed by atoms with Gasteiger partial charge in [0, 0.05) is 41.3 Å². The van der Waals surface area contributed by atoms with Gasteiger partial charge in [-0.25, -0.2) is 0 Å². The van der Waals surface area contributed by atoms with Crippen LogP contribution >= 0.6 is 0 Å². The number of hydrogen-bond acceptors (Lipinski definition) is 3. The predicted molar refractivity (Wildman–Crippen MR) is 227 cm³/mol. The SMILES string of the molecule is CCCCCC(CC)Nc1ccc([C+](c2ccc(N(CC)c3ccccc3C)cc2)c2ccc(N(CC)c3ccccc3C)cc2)c2ccccc12. The zero-order valence-corrected chi connectivity index (χ0v) is 32.1. The van der Waals surface area contributed by atoms with Crippen LogP contribution in [0.25, 0.3) is 10.8 Å². The van der Waals surface area contributed by atoms with E-state index in [1.165, 1.54) is 98.6 Å². The van der Waals surface area contributed by atoms with Crippen molar-refractivity contribution in [2.45, 2.75) is 79.7 Å². The highest BCUT2D eigenvalue weighted by Crippen LogP contribution is 2.40. The standard InChI is InChI=1S/C49H56N3/c1-7-11-12-21-40(8-2)50-46-35-34-45(43-22-15-16-23-44(43)46)49(38-26-30-41(31-27-38)51(9-3)47-24-17-13-19-36(47)5)39-28-32-42(33-29-39)52(10-4)48-25-18-14-20-37(48)6/h13-20,22-35,40,50H,7-12,21H2,1-6H3/q+1. The Labute approximate surface area is 313 Å². The van der Waals surface area contributed by atoms with Gasteiger partial charge >= 0.3 is 0 Å². The fourth-order valence-electron chi connectivity index (χ4n) is 7.69. The molecule has 0 aliphatic heterocycles. The second-order valence-electron chi connectivity index (χ2n) is 14.0. The van der Waals surface area contributed by atoms with Crippen LogP contribution in [0.3, 0.4) is 0 Å². The molecule has 6 rings (SSSR count). The third kappa shape index (κ3) is 8.00. The van der Waals surface area contributed by atoms with E-state index in [0.29, 0.717) is 6.04 Å². The monoisotopic (exact) mass is 686 g/mol. The summed E-state index contributed by atoms with van der Waals surface area (Å²) in [4.78, 5) is 4.80. The summed E-state index contributed by atoms with van der Waals surface area (Å²) in [6, 6.07) is 49.8. The molecule has 52 heavy (non-hydrogen) atoms. The van der Waals surface area contributed by atoms with E-state index in [1.54, 1.807) is 0 Å². The zero-order chi connectivity index (χ0) is 36.5. The van der Waals surface area contributed by atoms with Gasteiger partial charge in [0.15, 0.2) is 0 Å². The Morgan fingerprint density at radius 2 is 1.04 bits per heavy atom. The van der Waals surface area contributed by atoms with Gasteiger partial charge in [0.2, 0.25) is 0 Å². The summed E-state index contributed by atoms with van der Waals surface area (Å²) >= 11 is 0. The number of aryl methyl sites for hydroxylation is 2. The van der Waals surface area contributed by atoms with E-state index < -0.39 is 0 Å². The number of nitrogens with zero attached hydrogens (tertiary/aromatic N) is 2. The lowest BCUT2D eigenvalue weighted by atomic mass is 9.82. The molecule has 266 valence electrons. The highest BCUT2D eigenvalue weighted by Gasteiger charge is 2.27. The summed E-state index contributed by atoms with van der Waals surface area (Å²) in [5, 5.41) is 6.49. The van der Waals surface area contributed by atoms with Crippen molar-refractivity contribution in [3.8, 4) is 0 Å². The van der Waals surface area contributed by atoms with Crippen molar-refractivity contribution in [1.29, 1.82) is 0 Å². The highest BCUT2D eigenvalue weighted by molar-refractivity contribution is 5.98. The summed E-state index contributed by atoms with van der Waals surface area (Å²) < 4.78 is 0. The Morgan fingerprint density at radius 1 is 0.538 bits per heavy atom. The molecular formula is C49H56N3+. The largest absolute Gasteiger partial charge is 0.381 e. The summed E-state index contributed by atoms with van der Waals surface area (Å²) in [7, 11) is 0. The topological polar surface area (TPSA) is 18.5 Å². The van der Waals surface area contributed by atoms with Crippen LogP contribution in [0, 0.1) is 19.8 Å². The minimum absolute atomic E-state index is 0.467. The van der Waals surface area contributed by atoms with Crippen molar-refractivity contribution in [2.24, 2.45) is 0 Å². The van der Waals surface area contributed by atoms with Crippen LogP contribution in [0.15, 0.2) is 133 Å². The Hall–Kier alpha value is -5.15. The van der Waals surface area contributed by atoms with Crippen molar-refractivity contribution in [1.82, 2.24) is 0 Å². The normalized spacial score (nSPS) is 11.7. The van der Waals surface area contributed by atoms with Crippen LogP contribution in [0.1, 0.15) is 87.6 Å². The second-order valence-corrected chi connectivity index (χ2v) is 14.0. The number of hydrogen-bond donors (Lipinski definition) is 1. The first-order chi connectivity index (χ1) is 25.5. The van der Waals surface area contributed by atoms with Gasteiger partial charge in [-0.05, 0) is 137 Å². The Balaban J connectivity index is 1.43. The lowest BCUT2D eigenvalue weighted by Gasteiger charge is -2.26. The fourth-order valence-corrected chi connectivity index (χ4v) is 7.69. The first-order valence-electron chi connectivity index (χ1n) is 19.5. The second kappa shape index (κ2) is 17.4. The van der Waals surface area contributed by atoms with Gasteiger partial charge in [-0.2, -0.15) is 0 Å². The smallest absolute Gasteiger partial charge is 0.0638 e. The van der Waals surface area contributed by atoms with Gasteiger partial charge < -0.3 is 15.1 Å². The van der Waals surface area contributed by atoms with E-state index in [2.05, 4.69) is 190 Å². The molecule has 0 heterocycles. The third-order valence-corrected chi connectivity index (χ3v) is 10.6. The number of rotatable bonds is 16. The molecular weight excluding hydrogens is 631 g/mol. The maximum absolute atomic E-state index is 3.95. The van der Waals surface area contributed by atoms with E-state index in [1.807, 2.05) is 0 Å². The van der Waals surface area contributed by atoms with Crippen molar-refractivity contribution in [3.63, 3.8) is 0 Å². The quantitative estimate of drug-likeness (QED) is 0.0621. The Morgan fingerprint density at radius 3 is 1.52 bits per heavy atom. The molecule has 0 saturated carbocycles. The summed E-state index contributed by atoms with van der Waals surface area (Å²) in [5.41, 5.74) is 12.4. The van der Waals surface area contributed by atoms with Gasteiger partial charge in [-0.15, -0.1) is 0 Å². The van der Waals surface area contributed by atoms with Crippen LogP contribution in [0.2, 0.25) is 0 Å². The molecule has 0 aliphatic rings. The summed E-state index contributed by atoms with van der Waals surface area (Å²) in [6.07, 6.45) is 6.12. The van der Waals surface area contributed by atoms with Crippen molar-refractivity contribution < 1.29 is 0 Å². The number of unbranched alkanes of at least 4 members (excludes halogenated alkanes) is 2. The van der Waals surface area contributed by atoms with Gasteiger partial charge in [0.1, 0.15) is 0 Å². The summed E-state index contributed by atoms with van der Waals surface area (Å²) in [6.45, 7) is 15.2. The number of anilines is 5. The summed E-state index contributed by atoms with van der Waals surface area (Å²) in [5.74, 6) is 1.24. The first kappa shape index (κ1) is 36.6. The molecule has 3 nitrogen and oxygen atoms in total. The minimum atomic E-state index is 0.467. The van der Waals surface area contributed by atoms with Crippen LogP contribution < -0.4 is 15.1 Å². The molecule has 6 aromatic carbocycles. The van der Waals surface area contributed by atoms with E-state index in [-0.39, 0.29) is 0 Å². The van der Waals surface area contributed by atoms with Crippen molar-refractivity contribution in [2.75, 3.05) is 28.2 Å². The number of fused-ring (bicyclic) bond motifs is 1. The lowest BCUT2D eigenvalue weighted by Crippen LogP contribution is -2.19. The van der Waals surface area contributed by atoms with Gasteiger partial charge in [0.25, 0.3) is 0 Å². The maximum Gasteiger partial charge on any atom is 0.0638 e. The average molecular weight is 687 g/mol. The van der Waals surface area contributed by atoms with Crippen LogP contribution in [-0.4, -0.2) is 19.1 Å². The third-order valence-electron chi connectivity index (χ3n) is 10.6. The van der Waals surface area contributed by atoms with Gasteiger partial charge in [-0.1, -0.05) is 81.6 Å². The molecule has 1 unspecified atom stereocenters. The average Bonchev–Trinajstić information content (AvgIpc) is 3.18. The van der Waals surface area contributed by atoms with Crippen molar-refractivity contribution in [3.05, 3.63) is 167 Å². The van der Waals surface area contributed by atoms with E-state index in [0.717, 1.165) is 19.5 Å². The molecule has 0 radical (unpaired) electrons. The van der Waals surface area contributed by atoms with E-state index in [9.17, 15) is 0 Å². The van der Waals surface area contributed by atoms with E-state index >= 15 is 0 Å². The molecule has 0 fully saturated rings. The molecule has 3 heteroatoms. The van der Waals surface area contributed by atoms with Gasteiger partial charge in [-0.3, -0.25) is 0 Å². The number of benzene rings is 6. The van der Waals surface area contributed by atoms with Crippen LogP contribution in [-0.2, 0) is 0 Å². The molecule has 0 aliphatic carbocycles. The number of nitrogens with one attached hydrogen (secondary N) is 1. The molecule has 0 spiro atoms. The zero-order valence-electron chi connectivity index (χ0n) is 32.1. The van der Waals surface area contributed by atoms with Crippen LogP contribution in [0.5, 0.6) is 0 Å². The predicted octanol–water partition coefficient (Wildman–Crippen LogP) is 13.6. The van der Waals surface area contributed by atoms with Crippen molar-refractivity contribution >= 4 is 39.2 Å². The molecule has 0 aromatic heterocycles. The van der Waals surface area contributed by atoms with Crippen LogP contribution in [0.4, 0.5) is 28.4 Å². The molecule has 0 bridgehead atoms. The highest BCUT2D eigenvalue weighted by atomic mass is 15.1. The Kier molecular flexibility index (Phi) is 12.2.